The van der Waals surface area contributed by atoms with E-state index in [1.165, 1.54) is 0 Å². The number of hydrogen-bond acceptors (Lipinski definition) is 2. The molecule has 0 aromatic heterocycles. The number of halogens is 4. The summed E-state index contributed by atoms with van der Waals surface area (Å²) in [5.74, 6) is 0. The van der Waals surface area contributed by atoms with Crippen molar-refractivity contribution < 1.29 is 27.1 Å². The van der Waals surface area contributed by atoms with Crippen molar-refractivity contribution in [2.45, 2.75) is 32.0 Å². The van der Waals surface area contributed by atoms with Crippen molar-refractivity contribution in [3.05, 3.63) is 0 Å². The average molecular weight is 202 g/mol. The fraction of sp³-hybridized carbons (Fsp3) is 0.857. The maximum Gasteiger partial charge on any atom is 0.424 e. The second kappa shape index (κ2) is 5.16. The minimum absolute atomic E-state index is 0.268. The Balaban J connectivity index is 4.04. The van der Waals surface area contributed by atoms with Crippen LogP contribution in [0.1, 0.15) is 19.8 Å². The van der Waals surface area contributed by atoms with Gasteiger partial charge in [-0.2, -0.15) is 17.6 Å². The summed E-state index contributed by atoms with van der Waals surface area (Å²) >= 11 is 0. The van der Waals surface area contributed by atoms with Crippen molar-refractivity contribution >= 4 is 6.04 Å². The number of carbonyl (C=O) groups is 1. The third-order valence-electron chi connectivity index (χ3n) is 1.29. The summed E-state index contributed by atoms with van der Waals surface area (Å²) in [5, 5.41) is 0. The van der Waals surface area contributed by atoms with Crippen LogP contribution in [-0.2, 0) is 9.53 Å². The normalized spacial score (nSPS) is 14.2. The molecule has 0 heterocycles. The largest absolute Gasteiger partial charge is 0.424 e. The van der Waals surface area contributed by atoms with Gasteiger partial charge in [-0.1, -0.05) is 13.3 Å². The van der Waals surface area contributed by atoms with E-state index in [0.717, 1.165) is 0 Å². The maximum atomic E-state index is 11.8. The van der Waals surface area contributed by atoms with Gasteiger partial charge in [-0.05, 0) is 6.42 Å². The van der Waals surface area contributed by atoms with Crippen LogP contribution in [0.4, 0.5) is 17.6 Å². The fourth-order valence-electron chi connectivity index (χ4n) is 0.634. The maximum absolute atomic E-state index is 11.8. The first kappa shape index (κ1) is 12.3. The van der Waals surface area contributed by atoms with Crippen LogP contribution in [0.2, 0.25) is 0 Å². The number of rotatable bonds is 5. The molecule has 1 unspecified atom stereocenters. The molecule has 1 atom stereocenters. The molecule has 0 aliphatic carbocycles. The molecule has 0 spiro atoms. The topological polar surface area (TPSA) is 26.3 Å². The zero-order valence-electron chi connectivity index (χ0n) is 7.03. The molecule has 0 radical (unpaired) electrons. The molecule has 0 aromatic carbocycles. The molecule has 0 bridgehead atoms. The molecule has 0 aliphatic heterocycles. The van der Waals surface area contributed by atoms with E-state index >= 15 is 0 Å². The number of alkyl halides is 3. The number of carbonyl (C=O) groups excluding carboxylic acids is 1. The summed E-state index contributed by atoms with van der Waals surface area (Å²) in [6.07, 6.45) is -6.90. The van der Waals surface area contributed by atoms with Crippen LogP contribution in [0.15, 0.2) is 0 Å². The van der Waals surface area contributed by atoms with Crippen molar-refractivity contribution in [2.24, 2.45) is 0 Å². The Kier molecular flexibility index (Phi) is 4.90. The number of ether oxygens (including phenoxy) is 1. The summed E-state index contributed by atoms with van der Waals surface area (Å²) in [6.45, 7) is 1.47. The van der Waals surface area contributed by atoms with E-state index in [1.807, 2.05) is 0 Å². The van der Waals surface area contributed by atoms with Crippen molar-refractivity contribution in [1.29, 1.82) is 0 Å². The van der Waals surface area contributed by atoms with E-state index in [1.54, 1.807) is 6.92 Å². The zero-order valence-corrected chi connectivity index (χ0v) is 7.03. The van der Waals surface area contributed by atoms with Crippen molar-refractivity contribution in [1.82, 2.24) is 0 Å². The molecule has 0 fully saturated rings. The van der Waals surface area contributed by atoms with Gasteiger partial charge >= 0.3 is 12.2 Å². The van der Waals surface area contributed by atoms with Crippen molar-refractivity contribution in [3.63, 3.8) is 0 Å². The highest BCUT2D eigenvalue weighted by atomic mass is 19.4. The van der Waals surface area contributed by atoms with Crippen LogP contribution in [0, 0.1) is 0 Å². The van der Waals surface area contributed by atoms with Crippen LogP contribution in [0.3, 0.4) is 0 Å². The number of unbranched alkanes of at least 4 members (excludes halogenated alkanes) is 1. The standard InChI is InChI=1S/C7H10F4O2/c1-2-3-4-13-5(6(8)12)7(9,10)11/h5H,2-4H2,1H3. The lowest BCUT2D eigenvalue weighted by Crippen LogP contribution is -2.37. The fourth-order valence-corrected chi connectivity index (χ4v) is 0.634. The minimum Gasteiger partial charge on any atom is -0.359 e. The molecule has 0 saturated carbocycles. The van der Waals surface area contributed by atoms with E-state index in [2.05, 4.69) is 4.74 Å². The smallest absolute Gasteiger partial charge is 0.359 e. The van der Waals surface area contributed by atoms with Gasteiger partial charge in [0, 0.05) is 6.61 Å². The summed E-state index contributed by atoms with van der Waals surface area (Å²) in [5.41, 5.74) is 0. The van der Waals surface area contributed by atoms with Crippen molar-refractivity contribution in [2.75, 3.05) is 6.61 Å². The van der Waals surface area contributed by atoms with Gasteiger partial charge in [0.05, 0.1) is 0 Å². The van der Waals surface area contributed by atoms with Gasteiger partial charge in [0.25, 0.3) is 0 Å². The molecule has 78 valence electrons. The lowest BCUT2D eigenvalue weighted by atomic mass is 10.3. The average Bonchev–Trinajstić information content (AvgIpc) is 1.94. The van der Waals surface area contributed by atoms with Crippen LogP contribution in [0.25, 0.3) is 0 Å². The Morgan fingerprint density at radius 2 is 2.00 bits per heavy atom. The second-order valence-corrected chi connectivity index (χ2v) is 2.45. The predicted molar refractivity (Wildman–Crippen MR) is 36.8 cm³/mol. The Labute approximate surface area is 72.9 Å². The third-order valence-corrected chi connectivity index (χ3v) is 1.29. The number of hydrogen-bond donors (Lipinski definition) is 0. The molecule has 0 aliphatic rings. The Morgan fingerprint density at radius 1 is 1.46 bits per heavy atom. The van der Waals surface area contributed by atoms with Crippen LogP contribution < -0.4 is 0 Å². The van der Waals surface area contributed by atoms with Crippen LogP contribution in [0.5, 0.6) is 0 Å². The van der Waals surface area contributed by atoms with E-state index in [9.17, 15) is 22.4 Å². The first-order valence-electron chi connectivity index (χ1n) is 3.77. The highest BCUT2D eigenvalue weighted by Gasteiger charge is 2.46. The van der Waals surface area contributed by atoms with Gasteiger partial charge in [-0.3, -0.25) is 4.79 Å². The minimum atomic E-state index is -4.96. The molecule has 2 nitrogen and oxygen atoms in total. The Bertz CT molecular complexity index is 166. The highest BCUT2D eigenvalue weighted by Crippen LogP contribution is 2.24. The second-order valence-electron chi connectivity index (χ2n) is 2.45. The highest BCUT2D eigenvalue weighted by molar-refractivity contribution is 5.74. The van der Waals surface area contributed by atoms with Crippen LogP contribution >= 0.6 is 0 Å². The monoisotopic (exact) mass is 202 g/mol. The van der Waals surface area contributed by atoms with E-state index in [4.69, 9.17) is 0 Å². The molecule has 13 heavy (non-hydrogen) atoms. The van der Waals surface area contributed by atoms with Gasteiger partial charge in [-0.15, -0.1) is 0 Å². The predicted octanol–water partition coefficient (Wildman–Crippen LogP) is 2.23. The third kappa shape index (κ3) is 4.82. The van der Waals surface area contributed by atoms with E-state index in [-0.39, 0.29) is 6.61 Å². The summed E-state index contributed by atoms with van der Waals surface area (Å²) in [6, 6.07) is -2.50. The lowest BCUT2D eigenvalue weighted by molar-refractivity contribution is -0.223. The van der Waals surface area contributed by atoms with E-state index < -0.39 is 18.3 Å². The van der Waals surface area contributed by atoms with E-state index in [0.29, 0.717) is 12.8 Å². The SMILES string of the molecule is CCCCOC(C(=O)F)C(F)(F)F. The first-order valence-corrected chi connectivity index (χ1v) is 3.77. The quantitative estimate of drug-likeness (QED) is 0.388. The molecular formula is C7H10F4O2. The molecule has 0 amide bonds. The zero-order chi connectivity index (χ0) is 10.5. The van der Waals surface area contributed by atoms with Gasteiger partial charge in [0.2, 0.25) is 6.10 Å². The van der Waals surface area contributed by atoms with Gasteiger partial charge in [0.15, 0.2) is 0 Å². The van der Waals surface area contributed by atoms with Gasteiger partial charge in [-0.25, -0.2) is 0 Å². The molecule has 0 aromatic rings. The first-order chi connectivity index (χ1) is 5.89. The molecule has 0 rings (SSSR count). The summed E-state index contributed by atoms with van der Waals surface area (Å²) < 4.78 is 51.3. The molecule has 0 saturated heterocycles. The molecule has 6 heteroatoms. The van der Waals surface area contributed by atoms with Crippen molar-refractivity contribution in [3.8, 4) is 0 Å². The lowest BCUT2D eigenvalue weighted by Gasteiger charge is -2.15. The van der Waals surface area contributed by atoms with Gasteiger partial charge in [0.1, 0.15) is 0 Å². The Morgan fingerprint density at radius 3 is 2.31 bits per heavy atom. The molecule has 0 N–H and O–H groups in total. The van der Waals surface area contributed by atoms with Crippen LogP contribution in [-0.4, -0.2) is 24.9 Å². The molecular weight excluding hydrogens is 192 g/mol. The van der Waals surface area contributed by atoms with Gasteiger partial charge < -0.3 is 4.74 Å². The summed E-state index contributed by atoms with van der Waals surface area (Å²) in [7, 11) is 0. The Hall–Kier alpha value is -0.650. The summed E-state index contributed by atoms with van der Waals surface area (Å²) in [4.78, 5) is 9.87.